The summed E-state index contributed by atoms with van der Waals surface area (Å²) in [4.78, 5) is 28.2. The van der Waals surface area contributed by atoms with Crippen molar-refractivity contribution in [2.24, 2.45) is 0 Å². The van der Waals surface area contributed by atoms with Gasteiger partial charge in [0, 0.05) is 35.9 Å². The average Bonchev–Trinajstić information content (AvgIpc) is 2.84. The second-order valence-corrected chi connectivity index (χ2v) is 8.81. The number of pyridine rings is 2. The number of nitrogens with zero attached hydrogens (tertiary/aromatic N) is 3. The van der Waals surface area contributed by atoms with Crippen molar-refractivity contribution < 1.29 is 30.7 Å². The van der Waals surface area contributed by atoms with Crippen molar-refractivity contribution in [3.05, 3.63) is 86.6 Å². The molecule has 206 valence electrons. The van der Waals surface area contributed by atoms with Crippen LogP contribution in [0, 0.1) is 5.82 Å². The molecule has 0 aliphatic rings. The van der Waals surface area contributed by atoms with E-state index in [1.807, 2.05) is 0 Å². The summed E-state index contributed by atoms with van der Waals surface area (Å²) in [6, 6.07) is 5.30. The van der Waals surface area contributed by atoms with Gasteiger partial charge in [0.2, 0.25) is 0 Å². The molecule has 0 amide bonds. The second-order valence-electron chi connectivity index (χ2n) is 8.81. The number of fused-ring (bicyclic) bond motifs is 1. The van der Waals surface area contributed by atoms with Gasteiger partial charge in [-0.1, -0.05) is 0 Å². The van der Waals surface area contributed by atoms with Crippen LogP contribution in [-0.2, 0) is 18.9 Å². The van der Waals surface area contributed by atoms with Crippen LogP contribution in [0.3, 0.4) is 0 Å². The van der Waals surface area contributed by atoms with Gasteiger partial charge in [-0.3, -0.25) is 14.6 Å². The molecule has 0 aliphatic carbocycles. The molecule has 3 heterocycles. The summed E-state index contributed by atoms with van der Waals surface area (Å²) >= 11 is 0. The highest BCUT2D eigenvalue weighted by Gasteiger charge is 2.37. The third kappa shape index (κ3) is 5.94. The first kappa shape index (κ1) is 27.8. The maximum absolute atomic E-state index is 15.2. The minimum atomic E-state index is -4.88. The molecule has 1 atom stereocenters. The molecule has 0 bridgehead atoms. The van der Waals surface area contributed by atoms with Gasteiger partial charge in [-0.2, -0.15) is 31.4 Å². The van der Waals surface area contributed by atoms with E-state index in [1.54, 1.807) is 12.0 Å². The first-order valence-corrected chi connectivity index (χ1v) is 11.5. The van der Waals surface area contributed by atoms with Crippen LogP contribution in [0.25, 0.3) is 22.0 Å². The first-order valence-electron chi connectivity index (χ1n) is 11.5. The number of alkyl halides is 6. The minimum absolute atomic E-state index is 0.0302. The lowest BCUT2D eigenvalue weighted by molar-refractivity contribution is -0.138. The van der Waals surface area contributed by atoms with Gasteiger partial charge in [0.1, 0.15) is 11.4 Å². The Morgan fingerprint density at radius 1 is 0.974 bits per heavy atom. The van der Waals surface area contributed by atoms with Gasteiger partial charge in [0.15, 0.2) is 0 Å². The molecule has 0 radical (unpaired) electrons. The zero-order chi connectivity index (χ0) is 28.5. The standard InChI is InChI=1S/C25H20F7N5O2/c1-13(35-19-12-34-36-22(38)20(19)25(30,31)32)3-2-9-37-10-8-15-16(23(37)39)5-6-17(21(15)26)18-7-4-14(11-33-18)24(27,28)29/h4-8,10-13H,2-3,9H2,1H3,(H2,35,36,38). The molecule has 0 fully saturated rings. The van der Waals surface area contributed by atoms with Gasteiger partial charge >= 0.3 is 12.4 Å². The molecule has 14 heteroatoms. The lowest BCUT2D eigenvalue weighted by atomic mass is 10.0. The molecular weight excluding hydrogens is 535 g/mol. The molecule has 0 spiro atoms. The topological polar surface area (TPSA) is 92.7 Å². The van der Waals surface area contributed by atoms with Crippen molar-refractivity contribution in [2.75, 3.05) is 5.32 Å². The van der Waals surface area contributed by atoms with Crippen molar-refractivity contribution >= 4 is 16.5 Å². The quantitative estimate of drug-likeness (QED) is 0.290. The largest absolute Gasteiger partial charge is 0.423 e. The van der Waals surface area contributed by atoms with Crippen molar-refractivity contribution in [3.8, 4) is 11.3 Å². The van der Waals surface area contributed by atoms with Crippen LogP contribution in [0.5, 0.6) is 0 Å². The molecule has 1 unspecified atom stereocenters. The van der Waals surface area contributed by atoms with E-state index in [4.69, 9.17) is 0 Å². The third-order valence-corrected chi connectivity index (χ3v) is 6.04. The van der Waals surface area contributed by atoms with E-state index in [1.165, 1.54) is 29.0 Å². The fraction of sp³-hybridized carbons (Fsp3) is 0.280. The van der Waals surface area contributed by atoms with Gasteiger partial charge in [-0.15, -0.1) is 0 Å². The molecular formula is C25H20F7N5O2. The number of rotatable bonds is 7. The Morgan fingerprint density at radius 3 is 2.36 bits per heavy atom. The van der Waals surface area contributed by atoms with Crippen LogP contribution < -0.4 is 16.4 Å². The Hall–Kier alpha value is -4.23. The summed E-state index contributed by atoms with van der Waals surface area (Å²) in [5, 5.41) is 7.78. The summed E-state index contributed by atoms with van der Waals surface area (Å²) < 4.78 is 94.5. The Morgan fingerprint density at radius 2 is 1.72 bits per heavy atom. The van der Waals surface area contributed by atoms with Crippen molar-refractivity contribution in [2.45, 2.75) is 44.7 Å². The number of hydrogen-bond donors (Lipinski definition) is 2. The van der Waals surface area contributed by atoms with Gasteiger partial charge in [0.25, 0.3) is 11.1 Å². The van der Waals surface area contributed by atoms with Crippen LogP contribution in [0.2, 0.25) is 0 Å². The van der Waals surface area contributed by atoms with E-state index in [2.05, 4.69) is 15.4 Å². The van der Waals surface area contributed by atoms with E-state index >= 15 is 4.39 Å². The van der Waals surface area contributed by atoms with Crippen LogP contribution in [0.1, 0.15) is 30.9 Å². The number of aromatic amines is 1. The molecule has 4 rings (SSSR count). The van der Waals surface area contributed by atoms with E-state index in [9.17, 15) is 35.9 Å². The summed E-state index contributed by atoms with van der Waals surface area (Å²) in [6.07, 6.45) is -5.96. The van der Waals surface area contributed by atoms with Gasteiger partial charge in [-0.05, 0) is 50.1 Å². The van der Waals surface area contributed by atoms with Gasteiger partial charge in [-0.25, -0.2) is 9.49 Å². The number of halogens is 7. The highest BCUT2D eigenvalue weighted by Crippen LogP contribution is 2.33. The number of H-pyrrole nitrogens is 1. The van der Waals surface area contributed by atoms with Crippen LogP contribution in [-0.4, -0.2) is 25.8 Å². The van der Waals surface area contributed by atoms with Crippen molar-refractivity contribution in [3.63, 3.8) is 0 Å². The zero-order valence-electron chi connectivity index (χ0n) is 20.1. The van der Waals surface area contributed by atoms with Crippen LogP contribution in [0.15, 0.2) is 58.5 Å². The Kier molecular flexibility index (Phi) is 7.48. The lowest BCUT2D eigenvalue weighted by Gasteiger charge is -2.18. The number of aromatic nitrogens is 4. The molecule has 39 heavy (non-hydrogen) atoms. The maximum atomic E-state index is 15.2. The number of benzene rings is 1. The zero-order valence-corrected chi connectivity index (χ0v) is 20.1. The summed E-state index contributed by atoms with van der Waals surface area (Å²) in [5.41, 5.74) is -4.81. The van der Waals surface area contributed by atoms with E-state index in [0.29, 0.717) is 19.0 Å². The fourth-order valence-electron chi connectivity index (χ4n) is 4.12. The second kappa shape index (κ2) is 10.5. The molecule has 3 aromatic heterocycles. The summed E-state index contributed by atoms with van der Waals surface area (Å²) in [5.74, 6) is -0.811. The van der Waals surface area contributed by atoms with E-state index in [0.717, 1.165) is 18.3 Å². The van der Waals surface area contributed by atoms with E-state index in [-0.39, 0.29) is 28.6 Å². The SMILES string of the molecule is CC(CCCn1ccc2c(F)c(-c3ccc(C(F)(F)F)cn3)ccc2c1=O)Nc1cn[nH]c(=O)c1C(F)(F)F. The number of nitrogens with one attached hydrogen (secondary N) is 2. The Balaban J connectivity index is 1.48. The molecule has 4 aromatic rings. The van der Waals surface area contributed by atoms with Crippen molar-refractivity contribution in [1.82, 2.24) is 19.7 Å². The molecule has 0 saturated carbocycles. The fourth-order valence-corrected chi connectivity index (χ4v) is 4.12. The van der Waals surface area contributed by atoms with Crippen LogP contribution in [0.4, 0.5) is 36.4 Å². The molecule has 2 N–H and O–H groups in total. The third-order valence-electron chi connectivity index (χ3n) is 6.04. The summed E-state index contributed by atoms with van der Waals surface area (Å²) in [6.45, 7) is 1.78. The van der Waals surface area contributed by atoms with Crippen molar-refractivity contribution in [1.29, 1.82) is 0 Å². The highest BCUT2D eigenvalue weighted by molar-refractivity contribution is 5.87. The van der Waals surface area contributed by atoms with Gasteiger partial charge in [0.05, 0.1) is 28.5 Å². The first-order chi connectivity index (χ1) is 18.3. The number of hydrogen-bond acceptors (Lipinski definition) is 5. The molecule has 7 nitrogen and oxygen atoms in total. The predicted octanol–water partition coefficient (Wildman–Crippen LogP) is 5.60. The smallest absolute Gasteiger partial charge is 0.381 e. The van der Waals surface area contributed by atoms with Gasteiger partial charge < -0.3 is 9.88 Å². The normalized spacial score (nSPS) is 13.0. The van der Waals surface area contributed by atoms with E-state index < -0.39 is 52.1 Å². The summed E-state index contributed by atoms with van der Waals surface area (Å²) in [7, 11) is 0. The maximum Gasteiger partial charge on any atom is 0.423 e. The molecule has 0 aliphatic heterocycles. The lowest BCUT2D eigenvalue weighted by Crippen LogP contribution is -2.27. The minimum Gasteiger partial charge on any atom is -0.381 e. The Bertz CT molecular complexity index is 1610. The Labute approximate surface area is 215 Å². The predicted molar refractivity (Wildman–Crippen MR) is 129 cm³/mol. The average molecular weight is 555 g/mol. The highest BCUT2D eigenvalue weighted by atomic mass is 19.4. The molecule has 1 aromatic carbocycles. The molecule has 0 saturated heterocycles. The number of aryl methyl sites for hydroxylation is 1. The monoisotopic (exact) mass is 555 g/mol. The van der Waals surface area contributed by atoms with Crippen LogP contribution >= 0.6 is 0 Å². The number of anilines is 1.